The Balaban J connectivity index is 1.52. The average molecular weight is 671 g/mol. The summed E-state index contributed by atoms with van der Waals surface area (Å²) in [6.07, 6.45) is 11.1. The fourth-order valence-corrected chi connectivity index (χ4v) is 9.42. The van der Waals surface area contributed by atoms with Crippen molar-refractivity contribution in [1.82, 2.24) is 10.4 Å². The molecule has 10 heteroatoms. The van der Waals surface area contributed by atoms with Gasteiger partial charge in [-0.15, -0.1) is 0 Å². The maximum absolute atomic E-state index is 13.6. The second-order valence-electron chi connectivity index (χ2n) is 10.1. The fourth-order valence-electron chi connectivity index (χ4n) is 5.25. The van der Waals surface area contributed by atoms with Gasteiger partial charge in [-0.3, -0.25) is 0 Å². The third-order valence-electron chi connectivity index (χ3n) is 7.39. The Labute approximate surface area is 241 Å². The van der Waals surface area contributed by atoms with Crippen molar-refractivity contribution in [1.29, 1.82) is 5.41 Å². The van der Waals surface area contributed by atoms with Crippen LogP contribution in [0.25, 0.3) is 6.08 Å². The first kappa shape index (κ1) is 27.9. The number of carbonyl (C=O) groups is 1. The number of hydrogen-bond donors (Lipinski definition) is 3. The number of hydrogen-bond acceptors (Lipinski definition) is 4. The Kier molecular flexibility index (Phi) is 9.30. The molecule has 0 saturated carbocycles. The number of piperidine rings is 1. The van der Waals surface area contributed by atoms with Gasteiger partial charge in [0, 0.05) is 0 Å². The summed E-state index contributed by atoms with van der Waals surface area (Å²) in [7, 11) is -1.26. The van der Waals surface area contributed by atoms with Crippen molar-refractivity contribution < 1.29 is 39.9 Å². The molecule has 1 aromatic carbocycles. The number of benzene rings is 1. The van der Waals surface area contributed by atoms with Crippen molar-refractivity contribution in [2.45, 2.75) is 36.0 Å². The molecule has 3 heterocycles. The van der Waals surface area contributed by atoms with E-state index in [0.29, 0.717) is 21.2 Å². The molecule has 4 aliphatic rings. The van der Waals surface area contributed by atoms with E-state index in [2.05, 4.69) is 16.8 Å². The molecule has 0 aromatic heterocycles. The summed E-state index contributed by atoms with van der Waals surface area (Å²) in [5.41, 5.74) is 6.80. The van der Waals surface area contributed by atoms with Gasteiger partial charge in [0.25, 0.3) is 0 Å². The number of rotatable bonds is 7. The molecule has 1 amide bonds. The predicted molar refractivity (Wildman–Crippen MR) is 146 cm³/mol. The molecule has 3 unspecified atom stereocenters. The number of alkyl halides is 2. The summed E-state index contributed by atoms with van der Waals surface area (Å²) in [6.45, 7) is 1.54. The second kappa shape index (κ2) is 12.7. The summed E-state index contributed by atoms with van der Waals surface area (Å²) in [6, 6.07) is 6.19. The van der Waals surface area contributed by atoms with Gasteiger partial charge in [0.1, 0.15) is 0 Å². The average Bonchev–Trinajstić information content (AvgIpc) is 2.87. The summed E-state index contributed by atoms with van der Waals surface area (Å²) in [5.74, 6) is 0.0252. The quantitative estimate of drug-likeness (QED) is 0.220. The van der Waals surface area contributed by atoms with Crippen LogP contribution in [0.3, 0.4) is 0 Å². The molecule has 0 bridgehead atoms. The molecule has 0 spiro atoms. The van der Waals surface area contributed by atoms with Crippen LogP contribution in [0, 0.1) is 17.1 Å². The van der Waals surface area contributed by atoms with Gasteiger partial charge in [0.05, 0.1) is 0 Å². The number of halogens is 3. The Hall–Kier alpha value is -1.66. The van der Waals surface area contributed by atoms with Gasteiger partial charge in [-0.25, -0.2) is 0 Å². The normalized spacial score (nSPS) is 27.6. The van der Waals surface area contributed by atoms with Gasteiger partial charge in [0.2, 0.25) is 0 Å². The van der Waals surface area contributed by atoms with Crippen LogP contribution in [0.2, 0.25) is 0 Å². The van der Waals surface area contributed by atoms with Crippen LogP contribution in [0.4, 0.5) is 4.39 Å². The molecule has 2 fully saturated rings. The van der Waals surface area contributed by atoms with E-state index in [1.807, 2.05) is 17.2 Å². The summed E-state index contributed by atoms with van der Waals surface area (Å²) < 4.78 is 28.6. The molecule has 38 heavy (non-hydrogen) atoms. The van der Waals surface area contributed by atoms with Crippen molar-refractivity contribution in [2.24, 2.45) is 5.92 Å². The molecule has 5 rings (SSSR count). The topological polar surface area (TPSA) is 89.9 Å². The Morgan fingerprint density at radius 3 is 2.61 bits per heavy atom. The first-order valence-corrected chi connectivity index (χ1v) is 17.7. The first-order valence-electron chi connectivity index (χ1n) is 13.1. The van der Waals surface area contributed by atoms with E-state index >= 15 is 0 Å². The number of carbonyl (C=O) groups excluding carboxylic acids is 1. The van der Waals surface area contributed by atoms with Crippen LogP contribution in [0.1, 0.15) is 37.7 Å². The molecule has 1 aliphatic carbocycles. The van der Waals surface area contributed by atoms with E-state index in [1.54, 1.807) is 12.1 Å². The van der Waals surface area contributed by atoms with E-state index in [9.17, 15) is 13.4 Å². The van der Waals surface area contributed by atoms with Crippen molar-refractivity contribution in [3.63, 3.8) is 0 Å². The Morgan fingerprint density at radius 1 is 1.18 bits per heavy atom. The predicted octanol–water partition coefficient (Wildman–Crippen LogP) is 0.214. The zero-order chi connectivity index (χ0) is 26.6. The molecule has 204 valence electrons. The number of amides is 1. The number of quaternary nitrogens is 1. The summed E-state index contributed by atoms with van der Waals surface area (Å²) in [5, 5.41) is 13.7. The van der Waals surface area contributed by atoms with E-state index in [4.69, 9.17) is 17.0 Å². The summed E-state index contributed by atoms with van der Waals surface area (Å²) in [4.78, 5) is 13.2. The van der Waals surface area contributed by atoms with Gasteiger partial charge < -0.3 is 0 Å². The van der Waals surface area contributed by atoms with Crippen LogP contribution in [-0.4, -0.2) is 53.8 Å². The standard InChI is InChI=1S/C28H32ClFIN4O2S/c29-20-6-9-25(22(15-20)24-10-11-31-24)33-27-19(14-18-4-7-21(30)8-5-18)16-38(37)17-23(27)26(32)28(36)34-35-12-2-1-3-13-35/h4-9,14,22,24,32-33H,1-3,10-13,15-17H2,(H,34,36)/q-1/p+1. The minimum atomic E-state index is -1.26. The van der Waals surface area contributed by atoms with Gasteiger partial charge in [-0.1, -0.05) is 6.42 Å². The number of nitrogens with zero attached hydrogens (tertiary/aromatic N) is 1. The van der Waals surface area contributed by atoms with Crippen LogP contribution >= 0.6 is 11.6 Å². The van der Waals surface area contributed by atoms with Crippen molar-refractivity contribution >= 4 is 40.1 Å². The van der Waals surface area contributed by atoms with Crippen molar-refractivity contribution in [2.75, 3.05) is 29.0 Å². The molecule has 4 N–H and O–H groups in total. The number of allylic oxidation sites excluding steroid dienone is 5. The van der Waals surface area contributed by atoms with Crippen LogP contribution in [-0.2, 0) is 15.6 Å². The number of hydrazine groups is 1. The van der Waals surface area contributed by atoms with Crippen molar-refractivity contribution in [3.05, 3.63) is 75.4 Å². The van der Waals surface area contributed by atoms with E-state index in [0.717, 1.165) is 66.3 Å². The monoisotopic (exact) mass is 670 g/mol. The van der Waals surface area contributed by atoms with E-state index in [-0.39, 0.29) is 38.5 Å². The minimum absolute atomic E-state index is 0.141. The van der Waals surface area contributed by atoms with E-state index in [1.165, 1.54) is 23.0 Å². The van der Waals surface area contributed by atoms with Crippen LogP contribution in [0.5, 0.6) is 0 Å². The number of nitrogens with one attached hydrogen (secondary N) is 2. The third kappa shape index (κ3) is 6.72. The van der Waals surface area contributed by atoms with Gasteiger partial charge in [-0.2, -0.15) is 0 Å². The van der Waals surface area contributed by atoms with Gasteiger partial charge in [-0.05, 0) is 0 Å². The van der Waals surface area contributed by atoms with Gasteiger partial charge in [0.15, 0.2) is 0 Å². The maximum atomic E-state index is 13.6. The molecule has 2 saturated heterocycles. The van der Waals surface area contributed by atoms with Gasteiger partial charge >= 0.3 is 236 Å². The molecule has 3 atom stereocenters. The Bertz CT molecular complexity index is 1250. The SMILES string of the molecule is N=C(C(=O)NN1CCCCC1)C1=C([NH2+]C2=CC=C(Cl)CC2C2CC[I-]2)C(=Cc2ccc(F)cc2)CS(=O)C1. The van der Waals surface area contributed by atoms with Crippen molar-refractivity contribution in [3.8, 4) is 0 Å². The van der Waals surface area contributed by atoms with Crippen LogP contribution in [0.15, 0.2) is 64.0 Å². The third-order valence-corrected chi connectivity index (χ3v) is 12.8. The van der Waals surface area contributed by atoms with Crippen LogP contribution < -0.4 is 31.9 Å². The Morgan fingerprint density at radius 2 is 1.92 bits per heavy atom. The first-order chi connectivity index (χ1) is 18.4. The second-order valence-corrected chi connectivity index (χ2v) is 15.6. The summed E-state index contributed by atoms with van der Waals surface area (Å²) >= 11 is 6.60. The van der Waals surface area contributed by atoms with E-state index < -0.39 is 16.7 Å². The fraction of sp³-hybridized carbons (Fsp3) is 0.429. The molecular formula is C28H33ClFIN4O2S. The number of nitrogens with two attached hydrogens (primary N) is 1. The molecule has 6 nitrogen and oxygen atoms in total. The zero-order valence-electron chi connectivity index (χ0n) is 21.2. The molecule has 1 aromatic rings. The zero-order valence-corrected chi connectivity index (χ0v) is 24.9. The molecular weight excluding hydrogens is 638 g/mol. The molecule has 3 aliphatic heterocycles. The molecule has 0 radical (unpaired) electrons.